The van der Waals surface area contributed by atoms with Crippen LogP contribution >= 0.6 is 0 Å². The Morgan fingerprint density at radius 3 is 2.54 bits per heavy atom. The number of hydrogen-bond donors (Lipinski definition) is 1. The molecule has 0 radical (unpaired) electrons. The molecule has 1 heterocycles. The molecule has 0 bridgehead atoms. The fourth-order valence-corrected chi connectivity index (χ4v) is 2.80. The van der Waals surface area contributed by atoms with Gasteiger partial charge in [0.15, 0.2) is 17.3 Å². The second-order valence-electron chi connectivity index (χ2n) is 5.86. The first-order chi connectivity index (χ1) is 13.5. The second kappa shape index (κ2) is 8.43. The zero-order chi connectivity index (χ0) is 20.1. The van der Waals surface area contributed by atoms with Crippen molar-refractivity contribution in [2.75, 3.05) is 26.6 Å². The molecule has 0 aliphatic carbocycles. The van der Waals surface area contributed by atoms with Gasteiger partial charge in [-0.1, -0.05) is 12.1 Å². The van der Waals surface area contributed by atoms with E-state index in [2.05, 4.69) is 10.4 Å². The lowest BCUT2D eigenvalue weighted by Gasteiger charge is -2.15. The summed E-state index contributed by atoms with van der Waals surface area (Å²) < 4.78 is 30.8. The number of carbonyl (C=O) groups excluding carboxylic acids is 1. The normalized spacial score (nSPS) is 10.4. The molecule has 2 aromatic carbocycles. The predicted octanol–water partition coefficient (Wildman–Crippen LogP) is 3.35. The lowest BCUT2D eigenvalue weighted by molar-refractivity contribution is 0.102. The number of halogens is 1. The van der Waals surface area contributed by atoms with Crippen molar-refractivity contribution in [3.63, 3.8) is 0 Å². The van der Waals surface area contributed by atoms with E-state index >= 15 is 0 Å². The number of methoxy groups -OCH3 is 3. The van der Waals surface area contributed by atoms with Gasteiger partial charge in [0.25, 0.3) is 5.91 Å². The summed E-state index contributed by atoms with van der Waals surface area (Å²) in [5.41, 5.74) is 1.04. The number of hydrogen-bond acceptors (Lipinski definition) is 5. The summed E-state index contributed by atoms with van der Waals surface area (Å²) in [6.45, 7) is 0.382. The predicted molar refractivity (Wildman–Crippen MR) is 102 cm³/mol. The van der Waals surface area contributed by atoms with Gasteiger partial charge < -0.3 is 19.5 Å². The van der Waals surface area contributed by atoms with E-state index in [-0.39, 0.29) is 17.1 Å². The highest BCUT2D eigenvalue weighted by Gasteiger charge is 2.21. The molecule has 0 aliphatic rings. The van der Waals surface area contributed by atoms with Crippen LogP contribution in [0.25, 0.3) is 0 Å². The molecule has 0 aliphatic heterocycles. The van der Waals surface area contributed by atoms with Crippen LogP contribution in [0.4, 0.5) is 10.2 Å². The number of aromatic nitrogens is 2. The molecule has 0 saturated heterocycles. The van der Waals surface area contributed by atoms with E-state index < -0.39 is 5.91 Å². The largest absolute Gasteiger partial charge is 0.493 e. The molecule has 1 aromatic heterocycles. The molecular weight excluding hydrogens is 365 g/mol. The van der Waals surface area contributed by atoms with Crippen molar-refractivity contribution < 1.29 is 23.4 Å². The van der Waals surface area contributed by atoms with Crippen LogP contribution in [0, 0.1) is 5.82 Å². The molecule has 1 amide bonds. The minimum absolute atomic E-state index is 0.263. The van der Waals surface area contributed by atoms with E-state index in [4.69, 9.17) is 14.2 Å². The van der Waals surface area contributed by atoms with Crippen LogP contribution in [0.15, 0.2) is 48.7 Å². The molecule has 0 spiro atoms. The molecule has 28 heavy (non-hydrogen) atoms. The molecule has 0 saturated carbocycles. The average molecular weight is 385 g/mol. The lowest BCUT2D eigenvalue weighted by atomic mass is 10.1. The maximum atomic E-state index is 13.3. The van der Waals surface area contributed by atoms with Crippen LogP contribution in [-0.4, -0.2) is 37.0 Å². The van der Waals surface area contributed by atoms with Crippen LogP contribution in [0.2, 0.25) is 0 Å². The smallest absolute Gasteiger partial charge is 0.260 e. The topological polar surface area (TPSA) is 74.6 Å². The van der Waals surface area contributed by atoms with E-state index in [9.17, 15) is 9.18 Å². The molecule has 0 atom stereocenters. The molecular formula is C20H20FN3O4. The van der Waals surface area contributed by atoms with Crippen LogP contribution in [0.3, 0.4) is 0 Å². The quantitative estimate of drug-likeness (QED) is 0.675. The van der Waals surface area contributed by atoms with Gasteiger partial charge in [0, 0.05) is 12.3 Å². The van der Waals surface area contributed by atoms with E-state index in [1.807, 2.05) is 0 Å². The SMILES string of the molecule is COc1ccc(C(=O)Nc2ccn(Cc3cccc(F)c3)n2)c(OC)c1OC. The summed E-state index contributed by atoms with van der Waals surface area (Å²) in [5.74, 6) is 0.689. The van der Waals surface area contributed by atoms with Crippen molar-refractivity contribution in [2.45, 2.75) is 6.54 Å². The summed E-state index contributed by atoms with van der Waals surface area (Å²) in [6.07, 6.45) is 1.70. The summed E-state index contributed by atoms with van der Waals surface area (Å²) >= 11 is 0. The minimum Gasteiger partial charge on any atom is -0.493 e. The molecule has 0 fully saturated rings. The first-order valence-electron chi connectivity index (χ1n) is 8.44. The zero-order valence-electron chi connectivity index (χ0n) is 15.7. The maximum Gasteiger partial charge on any atom is 0.260 e. The Balaban J connectivity index is 1.78. The number of rotatable bonds is 7. The number of benzene rings is 2. The number of amides is 1. The highest BCUT2D eigenvalue weighted by atomic mass is 19.1. The van der Waals surface area contributed by atoms with E-state index in [1.54, 1.807) is 41.2 Å². The Kier molecular flexibility index (Phi) is 5.78. The van der Waals surface area contributed by atoms with Gasteiger partial charge in [0.1, 0.15) is 5.82 Å². The molecule has 8 heteroatoms. The Labute approximate surface area is 161 Å². The summed E-state index contributed by atoms with van der Waals surface area (Å²) in [7, 11) is 4.42. The van der Waals surface area contributed by atoms with Crippen molar-refractivity contribution in [3.05, 3.63) is 65.6 Å². The highest BCUT2D eigenvalue weighted by molar-refractivity contribution is 6.06. The zero-order valence-corrected chi connectivity index (χ0v) is 15.7. The van der Waals surface area contributed by atoms with E-state index in [1.165, 1.54) is 33.5 Å². The number of nitrogens with zero attached hydrogens (tertiary/aromatic N) is 2. The number of anilines is 1. The third kappa shape index (κ3) is 4.06. The summed E-state index contributed by atoms with van der Waals surface area (Å²) in [4.78, 5) is 12.7. The fourth-order valence-electron chi connectivity index (χ4n) is 2.80. The summed E-state index contributed by atoms with van der Waals surface area (Å²) in [6, 6.07) is 11.1. The lowest BCUT2D eigenvalue weighted by Crippen LogP contribution is -2.14. The average Bonchev–Trinajstić information content (AvgIpc) is 3.13. The van der Waals surface area contributed by atoms with Crippen molar-refractivity contribution in [2.24, 2.45) is 0 Å². The van der Waals surface area contributed by atoms with Gasteiger partial charge in [-0.25, -0.2) is 4.39 Å². The molecule has 1 N–H and O–H groups in total. The molecule has 146 valence electrons. The van der Waals surface area contributed by atoms with Gasteiger partial charge in [0.05, 0.1) is 33.4 Å². The Bertz CT molecular complexity index is 987. The van der Waals surface area contributed by atoms with Gasteiger partial charge in [-0.15, -0.1) is 0 Å². The van der Waals surface area contributed by atoms with Crippen molar-refractivity contribution >= 4 is 11.7 Å². The van der Waals surface area contributed by atoms with Crippen molar-refractivity contribution in [1.82, 2.24) is 9.78 Å². The van der Waals surface area contributed by atoms with Crippen molar-refractivity contribution in [3.8, 4) is 17.2 Å². The first kappa shape index (κ1) is 19.2. The van der Waals surface area contributed by atoms with Gasteiger partial charge in [0.2, 0.25) is 5.75 Å². The monoisotopic (exact) mass is 385 g/mol. The molecule has 7 nitrogen and oxygen atoms in total. The first-order valence-corrected chi connectivity index (χ1v) is 8.44. The van der Waals surface area contributed by atoms with E-state index in [0.717, 1.165) is 5.56 Å². The van der Waals surface area contributed by atoms with Gasteiger partial charge in [-0.3, -0.25) is 9.48 Å². The van der Waals surface area contributed by atoms with Crippen molar-refractivity contribution in [1.29, 1.82) is 0 Å². The van der Waals surface area contributed by atoms with Crippen LogP contribution in [0.1, 0.15) is 15.9 Å². The van der Waals surface area contributed by atoms with Gasteiger partial charge in [-0.05, 0) is 29.8 Å². The molecule has 3 rings (SSSR count). The minimum atomic E-state index is -0.409. The Hall–Kier alpha value is -3.55. The molecule has 0 unspecified atom stereocenters. The van der Waals surface area contributed by atoms with E-state index in [0.29, 0.717) is 23.9 Å². The second-order valence-corrected chi connectivity index (χ2v) is 5.86. The Morgan fingerprint density at radius 1 is 1.07 bits per heavy atom. The van der Waals surface area contributed by atoms with Gasteiger partial charge >= 0.3 is 0 Å². The highest BCUT2D eigenvalue weighted by Crippen LogP contribution is 2.39. The number of carbonyl (C=O) groups is 1. The molecule has 3 aromatic rings. The Morgan fingerprint density at radius 2 is 1.86 bits per heavy atom. The van der Waals surface area contributed by atoms with Crippen LogP contribution < -0.4 is 19.5 Å². The summed E-state index contributed by atoms with van der Waals surface area (Å²) in [5, 5.41) is 7.02. The third-order valence-electron chi connectivity index (χ3n) is 4.06. The fraction of sp³-hybridized carbons (Fsp3) is 0.200. The number of ether oxygens (including phenoxy) is 3. The standard InChI is InChI=1S/C20H20FN3O4/c1-26-16-8-7-15(18(27-2)19(16)28-3)20(25)22-17-9-10-24(23-17)12-13-5-4-6-14(21)11-13/h4-11H,12H2,1-3H3,(H,22,23,25). The van der Waals surface area contributed by atoms with Gasteiger partial charge in [-0.2, -0.15) is 5.10 Å². The third-order valence-corrected chi connectivity index (χ3v) is 4.06. The van der Waals surface area contributed by atoms with Crippen LogP contribution in [0.5, 0.6) is 17.2 Å². The number of nitrogens with one attached hydrogen (secondary N) is 1. The maximum absolute atomic E-state index is 13.3. The van der Waals surface area contributed by atoms with Crippen LogP contribution in [-0.2, 0) is 6.54 Å².